The van der Waals surface area contributed by atoms with E-state index in [0.717, 1.165) is 25.0 Å². The molecule has 2 atom stereocenters. The molecule has 0 radical (unpaired) electrons. The van der Waals surface area contributed by atoms with Crippen LogP contribution in [-0.4, -0.2) is 97.9 Å². The maximum Gasteiger partial charge on any atom is 0.330 e. The molecular formula is C26H38O14. The van der Waals surface area contributed by atoms with E-state index in [1.54, 1.807) is 0 Å². The smallest absolute Gasteiger partial charge is 0.330 e. The molecule has 14 heteroatoms. The van der Waals surface area contributed by atoms with Crippen molar-refractivity contribution in [3.8, 4) is 0 Å². The fraction of sp³-hybridized carbons (Fsp3) is 0.615. The molecule has 0 saturated carbocycles. The molecule has 0 aliphatic carbocycles. The third-order valence-corrected chi connectivity index (χ3v) is 4.77. The molecule has 0 aliphatic rings. The van der Waals surface area contributed by atoms with Gasteiger partial charge in [-0.05, 0) is 12.8 Å². The van der Waals surface area contributed by atoms with Gasteiger partial charge in [0.25, 0.3) is 0 Å². The Morgan fingerprint density at radius 3 is 1.27 bits per heavy atom. The van der Waals surface area contributed by atoms with Crippen LogP contribution in [-0.2, 0) is 57.2 Å². The average molecular weight is 575 g/mol. The van der Waals surface area contributed by atoms with Crippen LogP contribution in [0.25, 0.3) is 0 Å². The van der Waals surface area contributed by atoms with E-state index < -0.39 is 48.0 Å². The molecule has 14 nitrogen and oxygen atoms in total. The maximum atomic E-state index is 11.8. The second kappa shape index (κ2) is 23.1. The SMILES string of the molecule is C=CC(=O)OCC(COCCCCCCOCC(COC(=O)C=C)OC(=O)CCC(=O)O)OC(=O)CCC(=O)O. The zero-order valence-corrected chi connectivity index (χ0v) is 22.4. The molecular weight excluding hydrogens is 536 g/mol. The summed E-state index contributed by atoms with van der Waals surface area (Å²) in [5.41, 5.74) is 0. The summed E-state index contributed by atoms with van der Waals surface area (Å²) in [6.07, 6.45) is 1.63. The lowest BCUT2D eigenvalue weighted by Gasteiger charge is -2.18. The number of carbonyl (C=O) groups excluding carboxylic acids is 4. The van der Waals surface area contributed by atoms with Gasteiger partial charge < -0.3 is 38.6 Å². The molecule has 226 valence electrons. The number of esters is 4. The molecule has 0 rings (SSSR count). The number of hydrogen-bond donors (Lipinski definition) is 2. The van der Waals surface area contributed by atoms with Gasteiger partial charge in [-0.2, -0.15) is 0 Å². The monoisotopic (exact) mass is 574 g/mol. The first-order valence-corrected chi connectivity index (χ1v) is 12.6. The van der Waals surface area contributed by atoms with E-state index in [9.17, 15) is 28.8 Å². The number of carbonyl (C=O) groups is 6. The number of ether oxygens (including phenoxy) is 6. The minimum atomic E-state index is -1.14. The number of hydrogen-bond acceptors (Lipinski definition) is 12. The van der Waals surface area contributed by atoms with E-state index in [2.05, 4.69) is 13.2 Å². The highest BCUT2D eigenvalue weighted by Gasteiger charge is 2.19. The van der Waals surface area contributed by atoms with Gasteiger partial charge in [0.15, 0.2) is 12.2 Å². The fourth-order valence-corrected chi connectivity index (χ4v) is 2.80. The minimum Gasteiger partial charge on any atom is -0.481 e. The van der Waals surface area contributed by atoms with Crippen molar-refractivity contribution in [3.05, 3.63) is 25.3 Å². The fourth-order valence-electron chi connectivity index (χ4n) is 2.80. The Bertz CT molecular complexity index is 769. The lowest BCUT2D eigenvalue weighted by molar-refractivity contribution is -0.161. The molecule has 40 heavy (non-hydrogen) atoms. The van der Waals surface area contributed by atoms with E-state index in [1.807, 2.05) is 0 Å². The Kier molecular flexibility index (Phi) is 21.0. The quantitative estimate of drug-likeness (QED) is 0.0689. The molecule has 0 aliphatic heterocycles. The Balaban J connectivity index is 4.24. The summed E-state index contributed by atoms with van der Waals surface area (Å²) in [4.78, 5) is 67.3. The van der Waals surface area contributed by atoms with Crippen LogP contribution in [0.3, 0.4) is 0 Å². The Labute approximate surface area is 232 Å². The number of rotatable bonds is 25. The predicted molar refractivity (Wildman–Crippen MR) is 136 cm³/mol. The predicted octanol–water partition coefficient (Wildman–Crippen LogP) is 1.59. The van der Waals surface area contributed by atoms with E-state index in [4.69, 9.17) is 38.6 Å². The van der Waals surface area contributed by atoms with E-state index >= 15 is 0 Å². The highest BCUT2D eigenvalue weighted by atomic mass is 16.6. The van der Waals surface area contributed by atoms with Gasteiger partial charge >= 0.3 is 35.8 Å². The molecule has 0 spiro atoms. The van der Waals surface area contributed by atoms with E-state index in [1.165, 1.54) is 0 Å². The van der Waals surface area contributed by atoms with Crippen LogP contribution in [0, 0.1) is 0 Å². The molecule has 0 saturated heterocycles. The number of aliphatic carboxylic acids is 2. The van der Waals surface area contributed by atoms with Crippen LogP contribution in [0.5, 0.6) is 0 Å². The number of carboxylic acids is 2. The lowest BCUT2D eigenvalue weighted by atomic mass is 10.2. The lowest BCUT2D eigenvalue weighted by Crippen LogP contribution is -2.30. The van der Waals surface area contributed by atoms with Gasteiger partial charge in [0.05, 0.1) is 38.9 Å². The topological polar surface area (TPSA) is 198 Å². The second-order valence-electron chi connectivity index (χ2n) is 8.24. The summed E-state index contributed by atoms with van der Waals surface area (Å²) >= 11 is 0. The largest absolute Gasteiger partial charge is 0.481 e. The zero-order valence-electron chi connectivity index (χ0n) is 22.4. The highest BCUT2D eigenvalue weighted by Crippen LogP contribution is 2.06. The van der Waals surface area contributed by atoms with Crippen molar-refractivity contribution in [1.29, 1.82) is 0 Å². The molecule has 0 amide bonds. The van der Waals surface area contributed by atoms with Gasteiger partial charge in [-0.25, -0.2) is 9.59 Å². The first-order chi connectivity index (χ1) is 19.1. The average Bonchev–Trinajstić information content (AvgIpc) is 2.92. The van der Waals surface area contributed by atoms with Crippen molar-refractivity contribution in [2.75, 3.05) is 39.6 Å². The van der Waals surface area contributed by atoms with Gasteiger partial charge in [0.1, 0.15) is 13.2 Å². The molecule has 0 bridgehead atoms. The maximum absolute atomic E-state index is 11.8. The molecule has 0 aromatic heterocycles. The van der Waals surface area contributed by atoms with Gasteiger partial charge in [0, 0.05) is 25.4 Å². The van der Waals surface area contributed by atoms with Crippen molar-refractivity contribution in [2.45, 2.75) is 63.6 Å². The summed E-state index contributed by atoms with van der Waals surface area (Å²) in [5.74, 6) is -5.18. The molecule has 0 fully saturated rings. The summed E-state index contributed by atoms with van der Waals surface area (Å²) < 4.78 is 31.0. The first-order valence-electron chi connectivity index (χ1n) is 12.6. The Morgan fingerprint density at radius 1 is 0.575 bits per heavy atom. The normalized spacial score (nSPS) is 11.9. The summed E-state index contributed by atoms with van der Waals surface area (Å²) in [6, 6.07) is 0. The standard InChI is InChI=1S/C26H38O14/c1-3-23(31)37-17-19(39-25(33)11-9-21(27)28)15-35-13-7-5-6-8-14-36-16-20(18-38-24(32)4-2)40-26(34)12-10-22(29)30/h3-4,19-20H,1-2,5-18H2,(H,27,28)(H,29,30). The third kappa shape index (κ3) is 22.2. The Morgan fingerprint density at radius 2 is 0.950 bits per heavy atom. The van der Waals surface area contributed by atoms with Crippen LogP contribution in [0.1, 0.15) is 51.4 Å². The van der Waals surface area contributed by atoms with Gasteiger partial charge in [0.2, 0.25) is 0 Å². The van der Waals surface area contributed by atoms with Crippen LogP contribution >= 0.6 is 0 Å². The molecule has 0 heterocycles. The highest BCUT2D eigenvalue weighted by molar-refractivity contribution is 5.81. The van der Waals surface area contributed by atoms with Gasteiger partial charge in [-0.15, -0.1) is 0 Å². The molecule has 0 aromatic carbocycles. The Hall–Kier alpha value is -3.78. The van der Waals surface area contributed by atoms with E-state index in [-0.39, 0.29) is 52.1 Å². The van der Waals surface area contributed by atoms with Gasteiger partial charge in [-0.1, -0.05) is 26.0 Å². The van der Waals surface area contributed by atoms with Crippen molar-refractivity contribution in [3.63, 3.8) is 0 Å². The second-order valence-corrected chi connectivity index (χ2v) is 8.24. The molecule has 0 aromatic rings. The van der Waals surface area contributed by atoms with Crippen LogP contribution in [0.15, 0.2) is 25.3 Å². The summed E-state index contributed by atoms with van der Waals surface area (Å²) in [5, 5.41) is 17.3. The van der Waals surface area contributed by atoms with E-state index in [0.29, 0.717) is 26.1 Å². The van der Waals surface area contributed by atoms with Gasteiger partial charge in [-0.3, -0.25) is 19.2 Å². The van der Waals surface area contributed by atoms with Crippen LogP contribution in [0.4, 0.5) is 0 Å². The van der Waals surface area contributed by atoms with Crippen LogP contribution < -0.4 is 0 Å². The minimum absolute atomic E-state index is 0.0463. The van der Waals surface area contributed by atoms with Crippen molar-refractivity contribution in [2.24, 2.45) is 0 Å². The number of unbranched alkanes of at least 4 members (excludes halogenated alkanes) is 3. The summed E-state index contributed by atoms with van der Waals surface area (Å²) in [7, 11) is 0. The molecule has 2 unspecified atom stereocenters. The summed E-state index contributed by atoms with van der Waals surface area (Å²) in [6.45, 7) is 6.61. The van der Waals surface area contributed by atoms with Crippen molar-refractivity contribution < 1.29 is 67.4 Å². The zero-order chi connectivity index (χ0) is 30.2. The molecule has 2 N–H and O–H groups in total. The van der Waals surface area contributed by atoms with Crippen LogP contribution in [0.2, 0.25) is 0 Å². The third-order valence-electron chi connectivity index (χ3n) is 4.77. The van der Waals surface area contributed by atoms with Crippen molar-refractivity contribution >= 4 is 35.8 Å². The number of carboxylic acid groups (broad SMARTS) is 2. The first kappa shape index (κ1) is 36.2. The van der Waals surface area contributed by atoms with Crippen molar-refractivity contribution in [1.82, 2.24) is 0 Å².